The van der Waals surface area contributed by atoms with Crippen molar-refractivity contribution in [2.24, 2.45) is 0 Å². The molecule has 6 N–H and O–H groups in total. The highest BCUT2D eigenvalue weighted by atomic mass is 16.7. The van der Waals surface area contributed by atoms with E-state index in [2.05, 4.69) is 10.6 Å². The van der Waals surface area contributed by atoms with Crippen LogP contribution >= 0.6 is 0 Å². The van der Waals surface area contributed by atoms with Gasteiger partial charge in [-0.3, -0.25) is 9.59 Å². The fourth-order valence-electron chi connectivity index (χ4n) is 3.91. The lowest BCUT2D eigenvalue weighted by Crippen LogP contribution is -2.69. The van der Waals surface area contributed by atoms with Crippen LogP contribution in [0.3, 0.4) is 0 Å². The Morgan fingerprint density at radius 3 is 1.90 bits per heavy atom. The molecule has 0 bridgehead atoms. The number of aliphatic hydroxyl groups excluding tert-OH is 4. The van der Waals surface area contributed by atoms with Crippen molar-refractivity contribution in [3.63, 3.8) is 0 Å². The monoisotopic (exact) mass is 436 g/mol. The van der Waals surface area contributed by atoms with Crippen LogP contribution in [0.5, 0.6) is 0 Å². The molecule has 6 unspecified atom stereocenters. The Morgan fingerprint density at radius 1 is 0.900 bits per heavy atom. The maximum absolute atomic E-state index is 11.7. The summed E-state index contributed by atoms with van der Waals surface area (Å²) in [6, 6.07) is -1.93. The van der Waals surface area contributed by atoms with Gasteiger partial charge in [-0.25, -0.2) is 0 Å². The summed E-state index contributed by atoms with van der Waals surface area (Å²) in [5.74, 6) is -0.864. The Hall–Kier alpha value is -1.38. The SMILES string of the molecule is CO[C@@H]1C(CO)O[C@@H](O[C@@H]2C(CO)O[C@@H](C)C(NC(C)=O)C2O)C(NC(C)=O)C1O. The summed E-state index contributed by atoms with van der Waals surface area (Å²) < 4.78 is 22.4. The summed E-state index contributed by atoms with van der Waals surface area (Å²) in [7, 11) is 1.33. The van der Waals surface area contributed by atoms with Gasteiger partial charge in [0.25, 0.3) is 0 Å². The summed E-state index contributed by atoms with van der Waals surface area (Å²) in [6.45, 7) is 3.17. The molecule has 0 aromatic heterocycles. The molecule has 2 aliphatic rings. The molecular weight excluding hydrogens is 404 g/mol. The molecule has 10 atom stereocenters. The van der Waals surface area contributed by atoms with Crippen LogP contribution in [0.15, 0.2) is 0 Å². The van der Waals surface area contributed by atoms with E-state index in [0.29, 0.717) is 0 Å². The third-order valence-electron chi connectivity index (χ3n) is 5.30. The molecule has 2 aliphatic heterocycles. The van der Waals surface area contributed by atoms with Crippen LogP contribution in [0.1, 0.15) is 20.8 Å². The van der Waals surface area contributed by atoms with Gasteiger partial charge >= 0.3 is 0 Å². The highest BCUT2D eigenvalue weighted by Gasteiger charge is 2.51. The number of carbonyl (C=O) groups excluding carboxylic acids is 2. The third-order valence-corrected chi connectivity index (χ3v) is 5.30. The second-order valence-electron chi connectivity index (χ2n) is 7.52. The van der Waals surface area contributed by atoms with E-state index >= 15 is 0 Å². The molecule has 2 fully saturated rings. The smallest absolute Gasteiger partial charge is 0.217 e. The minimum absolute atomic E-state index is 0.389. The highest BCUT2D eigenvalue weighted by molar-refractivity contribution is 5.73. The molecule has 2 saturated heterocycles. The van der Waals surface area contributed by atoms with Gasteiger partial charge in [-0.1, -0.05) is 0 Å². The number of ether oxygens (including phenoxy) is 4. The van der Waals surface area contributed by atoms with Gasteiger partial charge in [-0.2, -0.15) is 0 Å². The molecule has 12 heteroatoms. The van der Waals surface area contributed by atoms with Crippen LogP contribution in [0, 0.1) is 0 Å². The number of amides is 2. The minimum Gasteiger partial charge on any atom is -0.394 e. The molecule has 30 heavy (non-hydrogen) atoms. The lowest BCUT2D eigenvalue weighted by molar-refractivity contribution is -0.315. The van der Waals surface area contributed by atoms with Gasteiger partial charge in [-0.05, 0) is 6.92 Å². The Labute approximate surface area is 174 Å². The number of aliphatic hydroxyl groups is 4. The largest absolute Gasteiger partial charge is 0.394 e. The molecule has 0 radical (unpaired) electrons. The Kier molecular flexibility index (Phi) is 8.94. The van der Waals surface area contributed by atoms with Gasteiger partial charge in [0, 0.05) is 21.0 Å². The number of rotatable bonds is 7. The maximum atomic E-state index is 11.7. The highest BCUT2D eigenvalue weighted by Crippen LogP contribution is 2.30. The van der Waals surface area contributed by atoms with Gasteiger partial charge in [0.15, 0.2) is 6.29 Å². The van der Waals surface area contributed by atoms with Gasteiger partial charge in [0.05, 0.1) is 25.4 Å². The maximum Gasteiger partial charge on any atom is 0.217 e. The first kappa shape index (κ1) is 24.9. The topological polar surface area (TPSA) is 176 Å². The second kappa shape index (κ2) is 10.8. The summed E-state index contributed by atoms with van der Waals surface area (Å²) in [5, 5.41) is 45.9. The first-order valence-corrected chi connectivity index (χ1v) is 9.75. The molecule has 2 rings (SSSR count). The van der Waals surface area contributed by atoms with E-state index in [1.54, 1.807) is 6.92 Å². The zero-order valence-electron chi connectivity index (χ0n) is 17.4. The zero-order valence-corrected chi connectivity index (χ0v) is 17.4. The van der Waals surface area contributed by atoms with Crippen LogP contribution < -0.4 is 10.6 Å². The molecular formula is C18H32N2O10. The lowest BCUT2D eigenvalue weighted by atomic mass is 9.92. The van der Waals surface area contributed by atoms with Crippen LogP contribution in [-0.4, -0.2) is 114 Å². The number of carbonyl (C=O) groups is 2. The molecule has 2 amide bonds. The number of hydrogen-bond acceptors (Lipinski definition) is 10. The normalized spacial score (nSPS) is 41.9. The first-order chi connectivity index (χ1) is 14.1. The van der Waals surface area contributed by atoms with Crippen LogP contribution in [0.25, 0.3) is 0 Å². The minimum atomic E-state index is -1.31. The van der Waals surface area contributed by atoms with E-state index in [4.69, 9.17) is 18.9 Å². The molecule has 0 spiro atoms. The predicted octanol–water partition coefficient (Wildman–Crippen LogP) is -3.39. The third kappa shape index (κ3) is 5.45. The average Bonchev–Trinajstić information content (AvgIpc) is 2.68. The van der Waals surface area contributed by atoms with Crippen molar-refractivity contribution in [2.75, 3.05) is 20.3 Å². The summed E-state index contributed by atoms with van der Waals surface area (Å²) in [6.07, 6.45) is -8.57. The van der Waals surface area contributed by atoms with E-state index in [1.807, 2.05) is 0 Å². The standard InChI is InChI=1S/C18H32N2O10/c1-7-12(19-8(2)23)14(25)17(11(6-22)28-7)30-18-13(20-9(3)24)15(26)16(27-4)10(5-21)29-18/h7,10-18,21-22,25-26H,5-6H2,1-4H3,(H,19,23)(H,20,24)/t7-,10?,11?,12?,13?,14?,15?,16+,17+,18-/m0/s1. The van der Waals surface area contributed by atoms with Crippen molar-refractivity contribution in [2.45, 2.75) is 81.9 Å². The van der Waals surface area contributed by atoms with Crippen LogP contribution in [0.2, 0.25) is 0 Å². The van der Waals surface area contributed by atoms with Crippen molar-refractivity contribution >= 4 is 11.8 Å². The van der Waals surface area contributed by atoms with Crippen LogP contribution in [0.4, 0.5) is 0 Å². The molecule has 0 saturated carbocycles. The van der Waals surface area contributed by atoms with Gasteiger partial charge < -0.3 is 50.0 Å². The summed E-state index contributed by atoms with van der Waals surface area (Å²) in [5.41, 5.74) is 0. The molecule has 174 valence electrons. The first-order valence-electron chi connectivity index (χ1n) is 9.75. The Balaban J connectivity index is 2.28. The van der Waals surface area contributed by atoms with Gasteiger partial charge in [-0.15, -0.1) is 0 Å². The molecule has 12 nitrogen and oxygen atoms in total. The van der Waals surface area contributed by atoms with E-state index in [-0.39, 0.29) is 5.91 Å². The van der Waals surface area contributed by atoms with Crippen molar-refractivity contribution in [3.05, 3.63) is 0 Å². The van der Waals surface area contributed by atoms with Crippen molar-refractivity contribution in [1.29, 1.82) is 0 Å². The van der Waals surface area contributed by atoms with Crippen molar-refractivity contribution < 1.29 is 49.0 Å². The van der Waals surface area contributed by atoms with Crippen molar-refractivity contribution in [1.82, 2.24) is 10.6 Å². The average molecular weight is 436 g/mol. The molecule has 0 aromatic rings. The van der Waals surface area contributed by atoms with Gasteiger partial charge in [0.2, 0.25) is 11.8 Å². The van der Waals surface area contributed by atoms with Crippen molar-refractivity contribution in [3.8, 4) is 0 Å². The van der Waals surface area contributed by atoms with Crippen LogP contribution in [-0.2, 0) is 28.5 Å². The Bertz CT molecular complexity index is 593. The lowest BCUT2D eigenvalue weighted by Gasteiger charge is -2.48. The fourth-order valence-corrected chi connectivity index (χ4v) is 3.91. The van der Waals surface area contributed by atoms with Gasteiger partial charge in [0.1, 0.15) is 42.7 Å². The van der Waals surface area contributed by atoms with E-state index in [9.17, 15) is 30.0 Å². The molecule has 0 aliphatic carbocycles. The number of methoxy groups -OCH3 is 1. The van der Waals surface area contributed by atoms with E-state index < -0.39 is 80.2 Å². The molecule has 2 heterocycles. The predicted molar refractivity (Wildman–Crippen MR) is 100 cm³/mol. The quantitative estimate of drug-likeness (QED) is 0.236. The second-order valence-corrected chi connectivity index (χ2v) is 7.52. The number of nitrogens with one attached hydrogen (secondary N) is 2. The van der Waals surface area contributed by atoms with E-state index in [0.717, 1.165) is 0 Å². The van der Waals surface area contributed by atoms with E-state index in [1.165, 1.54) is 21.0 Å². The summed E-state index contributed by atoms with van der Waals surface area (Å²) >= 11 is 0. The molecule has 0 aromatic carbocycles. The summed E-state index contributed by atoms with van der Waals surface area (Å²) in [4.78, 5) is 23.2. The fraction of sp³-hybridized carbons (Fsp3) is 0.889. The Morgan fingerprint density at radius 2 is 1.40 bits per heavy atom. The zero-order chi connectivity index (χ0) is 22.6. The number of hydrogen-bond donors (Lipinski definition) is 6.